The van der Waals surface area contributed by atoms with Crippen molar-refractivity contribution < 1.29 is 0 Å². The quantitative estimate of drug-likeness (QED) is 0.897. The van der Waals surface area contributed by atoms with E-state index in [0.29, 0.717) is 6.04 Å². The predicted octanol–water partition coefficient (Wildman–Crippen LogP) is 3.67. The molecule has 1 aromatic heterocycles. The van der Waals surface area contributed by atoms with E-state index < -0.39 is 0 Å². The fourth-order valence-electron chi connectivity index (χ4n) is 3.36. The van der Waals surface area contributed by atoms with Gasteiger partial charge in [0, 0.05) is 19.1 Å². The zero-order valence-corrected chi connectivity index (χ0v) is 11.9. The maximum atomic E-state index is 4.63. The first-order valence-corrected chi connectivity index (χ1v) is 7.79. The topological polar surface area (TPSA) is 28.2 Å². The smallest absolute Gasteiger partial charge is 0.128 e. The average Bonchev–Trinajstić information content (AvgIpc) is 2.86. The van der Waals surface area contributed by atoms with Crippen molar-refractivity contribution in [3.63, 3.8) is 0 Å². The minimum absolute atomic E-state index is 0.651. The third kappa shape index (κ3) is 3.20. The highest BCUT2D eigenvalue weighted by Crippen LogP contribution is 2.27. The molecule has 1 aromatic rings. The zero-order chi connectivity index (χ0) is 13.1. The summed E-state index contributed by atoms with van der Waals surface area (Å²) in [4.78, 5) is 7.03. The van der Waals surface area contributed by atoms with Crippen LogP contribution in [0.4, 0.5) is 11.5 Å². The van der Waals surface area contributed by atoms with E-state index >= 15 is 0 Å². The van der Waals surface area contributed by atoms with Crippen LogP contribution in [0.1, 0.15) is 45.4 Å². The molecular formula is C16H25N3. The average molecular weight is 259 g/mol. The summed E-state index contributed by atoms with van der Waals surface area (Å²) in [6, 6.07) is 5.02. The summed E-state index contributed by atoms with van der Waals surface area (Å²) >= 11 is 0. The lowest BCUT2D eigenvalue weighted by Crippen LogP contribution is -2.30. The zero-order valence-electron chi connectivity index (χ0n) is 11.9. The lowest BCUT2D eigenvalue weighted by atomic mass is 10.1. The number of rotatable bonds is 3. The lowest BCUT2D eigenvalue weighted by Gasteiger charge is -2.27. The molecule has 2 unspecified atom stereocenters. The molecule has 2 aliphatic rings. The van der Waals surface area contributed by atoms with E-state index in [0.717, 1.165) is 11.7 Å². The Morgan fingerprint density at radius 3 is 2.63 bits per heavy atom. The van der Waals surface area contributed by atoms with Crippen molar-refractivity contribution in [3.8, 4) is 0 Å². The van der Waals surface area contributed by atoms with Gasteiger partial charge in [0.05, 0.1) is 11.9 Å². The molecule has 19 heavy (non-hydrogen) atoms. The van der Waals surface area contributed by atoms with E-state index in [1.807, 2.05) is 6.20 Å². The summed E-state index contributed by atoms with van der Waals surface area (Å²) in [5, 5.41) is 3.62. The number of anilines is 2. The van der Waals surface area contributed by atoms with Gasteiger partial charge in [-0.3, -0.25) is 0 Å². The third-order valence-electron chi connectivity index (χ3n) is 4.49. The highest BCUT2D eigenvalue weighted by atomic mass is 15.2. The van der Waals surface area contributed by atoms with Crippen LogP contribution in [0.3, 0.4) is 0 Å². The number of nitrogens with zero attached hydrogens (tertiary/aromatic N) is 2. The summed E-state index contributed by atoms with van der Waals surface area (Å²) in [6.07, 6.45) is 9.95. The van der Waals surface area contributed by atoms with Gasteiger partial charge < -0.3 is 10.2 Å². The predicted molar refractivity (Wildman–Crippen MR) is 80.7 cm³/mol. The minimum atomic E-state index is 0.651. The van der Waals surface area contributed by atoms with Gasteiger partial charge >= 0.3 is 0 Å². The molecule has 3 heteroatoms. The van der Waals surface area contributed by atoms with Gasteiger partial charge in [-0.1, -0.05) is 6.92 Å². The van der Waals surface area contributed by atoms with Crippen molar-refractivity contribution in [2.75, 3.05) is 23.3 Å². The van der Waals surface area contributed by atoms with Crippen LogP contribution in [0.25, 0.3) is 0 Å². The van der Waals surface area contributed by atoms with Crippen LogP contribution < -0.4 is 10.2 Å². The van der Waals surface area contributed by atoms with Crippen LogP contribution in [0.15, 0.2) is 18.3 Å². The molecule has 0 bridgehead atoms. The van der Waals surface area contributed by atoms with Gasteiger partial charge in [0.2, 0.25) is 0 Å². The second kappa shape index (κ2) is 5.81. The Balaban J connectivity index is 1.59. The van der Waals surface area contributed by atoms with Gasteiger partial charge in [0.1, 0.15) is 5.82 Å². The Bertz CT molecular complexity index is 395. The molecule has 3 nitrogen and oxygen atoms in total. The first-order chi connectivity index (χ1) is 9.31. The molecule has 0 amide bonds. The molecule has 1 aliphatic heterocycles. The molecule has 0 radical (unpaired) electrons. The van der Waals surface area contributed by atoms with Gasteiger partial charge in [0.15, 0.2) is 0 Å². The number of aromatic nitrogens is 1. The standard InChI is InChI=1S/C16H25N3/c1-13-5-6-14(11-13)18-15-7-8-16(17-12-15)19-9-3-2-4-10-19/h7-8,12-14,18H,2-6,9-11H2,1H3. The molecule has 1 aliphatic carbocycles. The molecule has 1 saturated heterocycles. The van der Waals surface area contributed by atoms with Gasteiger partial charge in [-0.2, -0.15) is 0 Å². The summed E-state index contributed by atoms with van der Waals surface area (Å²) in [5.74, 6) is 2.02. The molecule has 3 rings (SSSR count). The van der Waals surface area contributed by atoms with E-state index in [1.54, 1.807) is 0 Å². The first-order valence-electron chi connectivity index (χ1n) is 7.79. The van der Waals surface area contributed by atoms with Gasteiger partial charge in [0.25, 0.3) is 0 Å². The van der Waals surface area contributed by atoms with Crippen molar-refractivity contribution in [1.29, 1.82) is 0 Å². The van der Waals surface area contributed by atoms with Crippen LogP contribution in [0.2, 0.25) is 0 Å². The summed E-state index contributed by atoms with van der Waals surface area (Å²) in [7, 11) is 0. The SMILES string of the molecule is CC1CCC(Nc2ccc(N3CCCCC3)nc2)C1. The molecule has 2 fully saturated rings. The molecular weight excluding hydrogens is 234 g/mol. The largest absolute Gasteiger partial charge is 0.381 e. The lowest BCUT2D eigenvalue weighted by molar-refractivity contribution is 0.573. The third-order valence-corrected chi connectivity index (χ3v) is 4.49. The molecule has 1 saturated carbocycles. The van der Waals surface area contributed by atoms with E-state index in [2.05, 4.69) is 34.3 Å². The van der Waals surface area contributed by atoms with Crippen LogP contribution in [-0.2, 0) is 0 Å². The monoisotopic (exact) mass is 259 g/mol. The Morgan fingerprint density at radius 2 is 2.00 bits per heavy atom. The minimum Gasteiger partial charge on any atom is -0.381 e. The maximum absolute atomic E-state index is 4.63. The van der Waals surface area contributed by atoms with Crippen LogP contribution in [0.5, 0.6) is 0 Å². The second-order valence-electron chi connectivity index (χ2n) is 6.21. The van der Waals surface area contributed by atoms with Gasteiger partial charge in [-0.05, 0) is 56.6 Å². The second-order valence-corrected chi connectivity index (χ2v) is 6.21. The Kier molecular flexibility index (Phi) is 3.90. The molecule has 2 atom stereocenters. The van der Waals surface area contributed by atoms with E-state index in [4.69, 9.17) is 0 Å². The van der Waals surface area contributed by atoms with Crippen LogP contribution >= 0.6 is 0 Å². The maximum Gasteiger partial charge on any atom is 0.128 e. The summed E-state index contributed by atoms with van der Waals surface area (Å²) in [6.45, 7) is 4.68. The first kappa shape index (κ1) is 12.8. The van der Waals surface area contributed by atoms with Crippen molar-refractivity contribution in [2.45, 2.75) is 51.5 Å². The molecule has 0 spiro atoms. The molecule has 0 aromatic carbocycles. The van der Waals surface area contributed by atoms with E-state index in [1.165, 1.54) is 57.3 Å². The van der Waals surface area contributed by atoms with E-state index in [9.17, 15) is 0 Å². The summed E-state index contributed by atoms with van der Waals surface area (Å²) < 4.78 is 0. The van der Waals surface area contributed by atoms with Crippen molar-refractivity contribution >= 4 is 11.5 Å². The number of piperidine rings is 1. The number of hydrogen-bond acceptors (Lipinski definition) is 3. The van der Waals surface area contributed by atoms with Crippen molar-refractivity contribution in [3.05, 3.63) is 18.3 Å². The van der Waals surface area contributed by atoms with Crippen LogP contribution in [0, 0.1) is 5.92 Å². The fourth-order valence-corrected chi connectivity index (χ4v) is 3.36. The number of hydrogen-bond donors (Lipinski definition) is 1. The normalized spacial score (nSPS) is 27.5. The molecule has 2 heterocycles. The Morgan fingerprint density at radius 1 is 1.16 bits per heavy atom. The van der Waals surface area contributed by atoms with E-state index in [-0.39, 0.29) is 0 Å². The fraction of sp³-hybridized carbons (Fsp3) is 0.688. The van der Waals surface area contributed by atoms with Crippen LogP contribution in [-0.4, -0.2) is 24.1 Å². The van der Waals surface area contributed by atoms with Gasteiger partial charge in [-0.25, -0.2) is 4.98 Å². The molecule has 1 N–H and O–H groups in total. The molecule has 104 valence electrons. The number of pyridine rings is 1. The Hall–Kier alpha value is -1.25. The highest BCUT2D eigenvalue weighted by Gasteiger charge is 2.21. The van der Waals surface area contributed by atoms with Crippen molar-refractivity contribution in [1.82, 2.24) is 4.98 Å². The Labute approximate surface area is 116 Å². The summed E-state index contributed by atoms with van der Waals surface area (Å²) in [5.41, 5.74) is 1.18. The van der Waals surface area contributed by atoms with Gasteiger partial charge in [-0.15, -0.1) is 0 Å². The van der Waals surface area contributed by atoms with Crippen molar-refractivity contribution in [2.24, 2.45) is 5.92 Å². The number of nitrogens with one attached hydrogen (secondary N) is 1. The highest BCUT2D eigenvalue weighted by molar-refractivity contribution is 5.49.